The van der Waals surface area contributed by atoms with Crippen molar-refractivity contribution in [1.29, 1.82) is 0 Å². The first-order chi connectivity index (χ1) is 10.2. The van der Waals surface area contributed by atoms with Crippen LogP contribution in [-0.4, -0.2) is 18.5 Å². The van der Waals surface area contributed by atoms with Crippen molar-refractivity contribution in [3.05, 3.63) is 61.4 Å². The number of carbonyl (C=O) groups is 2. The number of esters is 2. The summed E-state index contributed by atoms with van der Waals surface area (Å²) in [7, 11) is 0. The van der Waals surface area contributed by atoms with E-state index < -0.39 is 11.9 Å². The van der Waals surface area contributed by atoms with Gasteiger partial charge in [0.25, 0.3) is 0 Å². The second-order valence-electron chi connectivity index (χ2n) is 4.62. The van der Waals surface area contributed by atoms with Crippen molar-refractivity contribution in [3.8, 4) is 5.75 Å². The van der Waals surface area contributed by atoms with Crippen molar-refractivity contribution in [3.63, 3.8) is 0 Å². The first-order valence-electron chi connectivity index (χ1n) is 6.82. The third kappa shape index (κ3) is 4.88. The number of benzene rings is 1. The topological polar surface area (TPSA) is 52.6 Å². The van der Waals surface area contributed by atoms with Gasteiger partial charge >= 0.3 is 11.9 Å². The molecule has 1 aromatic carbocycles. The molecular weight excluding hydrogens is 268 g/mol. The largest absolute Gasteiger partial charge is 0.462 e. The van der Waals surface area contributed by atoms with Crippen LogP contribution in [-0.2, 0) is 9.53 Å². The quantitative estimate of drug-likeness (QED) is 0.458. The molecule has 4 nitrogen and oxygen atoms in total. The van der Waals surface area contributed by atoms with Crippen LogP contribution in [0, 0.1) is 31.6 Å². The van der Waals surface area contributed by atoms with Gasteiger partial charge in [0.05, 0.1) is 6.61 Å². The molecule has 1 aliphatic rings. The first-order valence-corrected chi connectivity index (χ1v) is 6.82. The summed E-state index contributed by atoms with van der Waals surface area (Å²) in [6, 6.07) is 6.55. The van der Waals surface area contributed by atoms with Gasteiger partial charge in [-0.15, -0.1) is 0 Å². The van der Waals surface area contributed by atoms with Crippen molar-refractivity contribution in [2.75, 3.05) is 6.61 Å². The fraction of sp³-hybridized carbons (Fsp3) is 0.235. The lowest BCUT2D eigenvalue weighted by molar-refractivity contribution is -0.131. The molecule has 1 fully saturated rings. The predicted molar refractivity (Wildman–Crippen MR) is 77.7 cm³/mol. The molecule has 1 aliphatic carbocycles. The van der Waals surface area contributed by atoms with Gasteiger partial charge in [-0.05, 0) is 56.6 Å². The summed E-state index contributed by atoms with van der Waals surface area (Å²) in [6.07, 6.45) is 9.67. The summed E-state index contributed by atoms with van der Waals surface area (Å²) in [5, 5.41) is 0. The van der Waals surface area contributed by atoms with Crippen molar-refractivity contribution in [2.24, 2.45) is 0 Å². The van der Waals surface area contributed by atoms with Crippen LogP contribution in [0.25, 0.3) is 0 Å². The molecule has 4 heteroatoms. The maximum absolute atomic E-state index is 12.0. The molecule has 1 aromatic rings. The molecule has 0 N–H and O–H groups in total. The van der Waals surface area contributed by atoms with Crippen LogP contribution < -0.4 is 4.74 Å². The lowest BCUT2D eigenvalue weighted by Gasteiger charge is -2.10. The number of hydrogen-bond donors (Lipinski definition) is 0. The second kappa shape index (κ2) is 7.81. The summed E-state index contributed by atoms with van der Waals surface area (Å²) >= 11 is 0. The number of hydrogen-bond acceptors (Lipinski definition) is 4. The average molecular weight is 285 g/mol. The van der Waals surface area contributed by atoms with Gasteiger partial charge in [-0.2, -0.15) is 0 Å². The van der Waals surface area contributed by atoms with E-state index in [1.807, 2.05) is 25.7 Å². The van der Waals surface area contributed by atoms with Crippen LogP contribution in [0.4, 0.5) is 0 Å². The Morgan fingerprint density at radius 1 is 1.10 bits per heavy atom. The van der Waals surface area contributed by atoms with Crippen molar-refractivity contribution in [1.82, 2.24) is 0 Å². The molecule has 0 aliphatic heterocycles. The minimum absolute atomic E-state index is 0.228. The van der Waals surface area contributed by atoms with Crippen LogP contribution in [0.1, 0.15) is 30.1 Å². The average Bonchev–Trinajstić information content (AvgIpc) is 2.96. The van der Waals surface area contributed by atoms with Gasteiger partial charge in [0.2, 0.25) is 0 Å². The number of para-hydroxylation sites is 1. The molecule has 0 heterocycles. The van der Waals surface area contributed by atoms with Crippen LogP contribution in [0.5, 0.6) is 5.75 Å². The third-order valence-corrected chi connectivity index (χ3v) is 2.94. The van der Waals surface area contributed by atoms with Crippen LogP contribution in [0.15, 0.2) is 24.3 Å². The molecule has 0 aromatic heterocycles. The highest BCUT2D eigenvalue weighted by atomic mass is 16.5. The molecular formula is C17H17O4. The Kier molecular flexibility index (Phi) is 5.78. The van der Waals surface area contributed by atoms with E-state index in [-0.39, 0.29) is 11.3 Å². The Hall–Kier alpha value is -1.84. The molecule has 1 saturated carbocycles. The van der Waals surface area contributed by atoms with E-state index in [2.05, 4.69) is 0 Å². The smallest absolute Gasteiger partial charge is 0.341 e. The Morgan fingerprint density at radius 3 is 2.52 bits per heavy atom. The van der Waals surface area contributed by atoms with Crippen molar-refractivity contribution >= 4 is 11.9 Å². The standard InChI is InChI=1S/C17H17O4/c1-13(18)21-16-11-5-4-10-15(16)17(19)20-12-6-9-14-7-2-3-8-14/h2-5,7-8,10-11H,6,9,12H2,1H3. The summed E-state index contributed by atoms with van der Waals surface area (Å²) < 4.78 is 10.2. The van der Waals surface area contributed by atoms with Crippen molar-refractivity contribution in [2.45, 2.75) is 19.8 Å². The minimum atomic E-state index is -0.477. The molecule has 0 saturated heterocycles. The van der Waals surface area contributed by atoms with Gasteiger partial charge in [0.15, 0.2) is 0 Å². The summed E-state index contributed by atoms with van der Waals surface area (Å²) in [5.74, 6) is 0.512. The molecule has 0 spiro atoms. The van der Waals surface area contributed by atoms with Crippen LogP contribution >= 0.6 is 0 Å². The first kappa shape index (κ1) is 15.5. The number of ether oxygens (including phenoxy) is 2. The van der Waals surface area contributed by atoms with Gasteiger partial charge in [-0.3, -0.25) is 4.79 Å². The molecule has 0 bridgehead atoms. The summed E-state index contributed by atoms with van der Waals surface area (Å²) in [6.45, 7) is 1.63. The van der Waals surface area contributed by atoms with Gasteiger partial charge in [0.1, 0.15) is 11.3 Å². The van der Waals surface area contributed by atoms with Gasteiger partial charge in [-0.1, -0.05) is 12.1 Å². The molecule has 5 radical (unpaired) electrons. The lowest BCUT2D eigenvalue weighted by Crippen LogP contribution is -2.11. The lowest BCUT2D eigenvalue weighted by atomic mass is 10.0. The fourth-order valence-electron chi connectivity index (χ4n) is 1.98. The maximum Gasteiger partial charge on any atom is 0.341 e. The van der Waals surface area contributed by atoms with E-state index in [4.69, 9.17) is 9.47 Å². The Labute approximate surface area is 125 Å². The minimum Gasteiger partial charge on any atom is -0.462 e. The SMILES string of the molecule is CC(=O)Oc1ccccc1C(=O)OCCC[C]1[CH][CH][CH][CH]1. The van der Waals surface area contributed by atoms with Gasteiger partial charge < -0.3 is 9.47 Å². The predicted octanol–water partition coefficient (Wildman–Crippen LogP) is 2.95. The highest BCUT2D eigenvalue weighted by Gasteiger charge is 2.17. The highest BCUT2D eigenvalue weighted by Crippen LogP contribution is 2.27. The van der Waals surface area contributed by atoms with E-state index in [0.717, 1.165) is 12.8 Å². The van der Waals surface area contributed by atoms with Crippen LogP contribution in [0.3, 0.4) is 0 Å². The van der Waals surface area contributed by atoms with E-state index in [9.17, 15) is 9.59 Å². The second-order valence-corrected chi connectivity index (χ2v) is 4.62. The fourth-order valence-corrected chi connectivity index (χ4v) is 1.98. The molecule has 0 unspecified atom stereocenters. The summed E-state index contributed by atoms with van der Waals surface area (Å²) in [4.78, 5) is 23.0. The van der Waals surface area contributed by atoms with Gasteiger partial charge in [0, 0.05) is 6.92 Å². The molecule has 0 amide bonds. The maximum atomic E-state index is 12.0. The van der Waals surface area contributed by atoms with E-state index >= 15 is 0 Å². The van der Waals surface area contributed by atoms with E-state index in [1.165, 1.54) is 12.8 Å². The normalized spacial score (nSPS) is 14.9. The Morgan fingerprint density at radius 2 is 1.81 bits per heavy atom. The highest BCUT2D eigenvalue weighted by molar-refractivity contribution is 5.93. The molecule has 109 valence electrons. The zero-order valence-corrected chi connectivity index (χ0v) is 11.9. The Balaban J connectivity index is 1.80. The Bertz CT molecular complexity index is 489. The van der Waals surface area contributed by atoms with Crippen molar-refractivity contribution < 1.29 is 19.1 Å². The zero-order chi connectivity index (χ0) is 15.1. The van der Waals surface area contributed by atoms with Crippen LogP contribution in [0.2, 0.25) is 0 Å². The number of rotatable bonds is 6. The van der Waals surface area contributed by atoms with E-state index in [1.54, 1.807) is 24.3 Å². The summed E-state index contributed by atoms with van der Waals surface area (Å²) in [5.41, 5.74) is 0.265. The molecule has 0 atom stereocenters. The molecule has 21 heavy (non-hydrogen) atoms. The molecule has 2 rings (SSSR count). The van der Waals surface area contributed by atoms with E-state index in [0.29, 0.717) is 6.61 Å². The number of carbonyl (C=O) groups excluding carboxylic acids is 2. The van der Waals surface area contributed by atoms with Gasteiger partial charge in [-0.25, -0.2) is 4.79 Å². The monoisotopic (exact) mass is 285 g/mol. The third-order valence-electron chi connectivity index (χ3n) is 2.94. The zero-order valence-electron chi connectivity index (χ0n) is 11.9.